The van der Waals surface area contributed by atoms with E-state index in [-0.39, 0.29) is 11.3 Å². The number of rotatable bonds is 2. The summed E-state index contributed by atoms with van der Waals surface area (Å²) in [4.78, 5) is 18.6. The second kappa shape index (κ2) is 5.15. The highest BCUT2D eigenvalue weighted by molar-refractivity contribution is 7.11. The first-order valence-electron chi connectivity index (χ1n) is 5.50. The Balaban J connectivity index is 1.92. The molecule has 1 amide bonds. The van der Waals surface area contributed by atoms with E-state index in [0.29, 0.717) is 5.92 Å². The van der Waals surface area contributed by atoms with Crippen molar-refractivity contribution < 1.29 is 4.79 Å². The summed E-state index contributed by atoms with van der Waals surface area (Å²) in [5.74, 6) is 0.662. The van der Waals surface area contributed by atoms with Gasteiger partial charge in [-0.1, -0.05) is 0 Å². The molecular formula is C11H15ClN2OS. The molecule has 2 heterocycles. The second-order valence-electron chi connectivity index (χ2n) is 4.17. The van der Waals surface area contributed by atoms with Crippen molar-refractivity contribution in [3.8, 4) is 0 Å². The highest BCUT2D eigenvalue weighted by Gasteiger charge is 2.26. The fourth-order valence-electron chi connectivity index (χ4n) is 2.04. The van der Waals surface area contributed by atoms with E-state index in [1.165, 1.54) is 11.3 Å². The lowest BCUT2D eigenvalue weighted by Gasteiger charge is -2.32. The molecule has 0 bridgehead atoms. The summed E-state index contributed by atoms with van der Waals surface area (Å²) in [6, 6.07) is 0. The van der Waals surface area contributed by atoms with Gasteiger partial charge >= 0.3 is 0 Å². The summed E-state index contributed by atoms with van der Waals surface area (Å²) >= 11 is 7.48. The Morgan fingerprint density at radius 3 is 2.81 bits per heavy atom. The first-order valence-corrected chi connectivity index (χ1v) is 6.82. The summed E-state index contributed by atoms with van der Waals surface area (Å²) in [6.07, 6.45) is 3.66. The van der Waals surface area contributed by atoms with E-state index >= 15 is 0 Å². The summed E-state index contributed by atoms with van der Waals surface area (Å²) < 4.78 is 0. The topological polar surface area (TPSA) is 33.2 Å². The predicted octanol–water partition coefficient (Wildman–Crippen LogP) is 2.62. The molecule has 0 aromatic carbocycles. The highest BCUT2D eigenvalue weighted by Crippen LogP contribution is 2.25. The molecule has 1 unspecified atom stereocenters. The molecule has 1 fully saturated rings. The van der Waals surface area contributed by atoms with E-state index in [4.69, 9.17) is 11.6 Å². The average Bonchev–Trinajstić information content (AvgIpc) is 2.81. The van der Waals surface area contributed by atoms with Crippen molar-refractivity contribution in [3.05, 3.63) is 16.6 Å². The van der Waals surface area contributed by atoms with Crippen LogP contribution in [0, 0.1) is 5.92 Å². The van der Waals surface area contributed by atoms with Crippen molar-refractivity contribution in [2.45, 2.75) is 25.1 Å². The van der Waals surface area contributed by atoms with E-state index < -0.39 is 0 Å². The van der Waals surface area contributed by atoms with E-state index in [1.807, 2.05) is 11.8 Å². The van der Waals surface area contributed by atoms with Crippen molar-refractivity contribution in [2.75, 3.05) is 13.1 Å². The van der Waals surface area contributed by atoms with Crippen LogP contribution in [-0.4, -0.2) is 34.3 Å². The van der Waals surface area contributed by atoms with Crippen LogP contribution in [0.15, 0.2) is 11.7 Å². The lowest BCUT2D eigenvalue weighted by atomic mass is 9.94. The lowest BCUT2D eigenvalue weighted by molar-refractivity contribution is 0.0695. The predicted molar refractivity (Wildman–Crippen MR) is 66.1 cm³/mol. The molecule has 2 rings (SSSR count). The maximum Gasteiger partial charge on any atom is 0.265 e. The molecule has 1 aliphatic rings. The monoisotopic (exact) mass is 258 g/mol. The number of alkyl halides is 1. The van der Waals surface area contributed by atoms with Crippen LogP contribution in [0.25, 0.3) is 0 Å². The lowest BCUT2D eigenvalue weighted by Crippen LogP contribution is -2.39. The van der Waals surface area contributed by atoms with Gasteiger partial charge in [-0.3, -0.25) is 9.78 Å². The Morgan fingerprint density at radius 2 is 2.31 bits per heavy atom. The van der Waals surface area contributed by atoms with Gasteiger partial charge in [0.15, 0.2) is 0 Å². The smallest absolute Gasteiger partial charge is 0.265 e. The van der Waals surface area contributed by atoms with Crippen LogP contribution >= 0.6 is 22.9 Å². The average molecular weight is 259 g/mol. The Hall–Kier alpha value is -0.610. The van der Waals surface area contributed by atoms with Crippen LogP contribution in [0.3, 0.4) is 0 Å². The molecule has 16 heavy (non-hydrogen) atoms. The van der Waals surface area contributed by atoms with Gasteiger partial charge in [-0.2, -0.15) is 0 Å². The normalized spacial score (nSPS) is 19.8. The van der Waals surface area contributed by atoms with Crippen molar-refractivity contribution in [3.63, 3.8) is 0 Å². The minimum absolute atomic E-state index is 0.114. The zero-order valence-corrected chi connectivity index (χ0v) is 10.8. The molecule has 0 saturated carbocycles. The summed E-state index contributed by atoms with van der Waals surface area (Å²) in [7, 11) is 0. The Morgan fingerprint density at radius 1 is 1.62 bits per heavy atom. The fraction of sp³-hybridized carbons (Fsp3) is 0.636. The molecule has 3 nitrogen and oxygen atoms in total. The van der Waals surface area contributed by atoms with Crippen LogP contribution < -0.4 is 0 Å². The summed E-state index contributed by atoms with van der Waals surface area (Å²) in [5, 5.41) is 0.209. The maximum absolute atomic E-state index is 12.0. The van der Waals surface area contributed by atoms with Crippen molar-refractivity contribution in [2.24, 2.45) is 5.92 Å². The van der Waals surface area contributed by atoms with Crippen LogP contribution in [0.2, 0.25) is 0 Å². The van der Waals surface area contributed by atoms with Crippen molar-refractivity contribution in [1.82, 2.24) is 9.88 Å². The molecule has 1 aromatic heterocycles. The third kappa shape index (κ3) is 2.55. The Bertz CT molecular complexity index is 345. The van der Waals surface area contributed by atoms with Gasteiger partial charge in [0.1, 0.15) is 4.88 Å². The zero-order valence-electron chi connectivity index (χ0n) is 9.23. The Kier molecular flexibility index (Phi) is 3.82. The number of amides is 1. The SMILES string of the molecule is CC(Cl)C1CCN(C(=O)c2cncs2)CC1. The van der Waals surface area contributed by atoms with Gasteiger partial charge in [0.2, 0.25) is 0 Å². The molecule has 5 heteroatoms. The quantitative estimate of drug-likeness (QED) is 0.764. The number of nitrogens with zero attached hydrogens (tertiary/aromatic N) is 2. The van der Waals surface area contributed by atoms with E-state index in [9.17, 15) is 4.79 Å². The van der Waals surface area contributed by atoms with Crippen LogP contribution in [0.5, 0.6) is 0 Å². The van der Waals surface area contributed by atoms with Gasteiger partial charge in [0, 0.05) is 18.5 Å². The van der Waals surface area contributed by atoms with E-state index in [0.717, 1.165) is 30.8 Å². The molecule has 1 aliphatic heterocycles. The number of thiazole rings is 1. The van der Waals surface area contributed by atoms with Crippen LogP contribution in [0.1, 0.15) is 29.4 Å². The fourth-order valence-corrected chi connectivity index (χ4v) is 2.88. The number of piperidine rings is 1. The molecule has 0 radical (unpaired) electrons. The number of carbonyl (C=O) groups excluding carboxylic acids is 1. The largest absolute Gasteiger partial charge is 0.338 e. The molecule has 0 N–H and O–H groups in total. The Labute approximate surface area is 104 Å². The standard InChI is InChI=1S/C11H15ClN2OS/c1-8(12)9-2-4-14(5-3-9)11(15)10-6-13-7-16-10/h6-9H,2-5H2,1H3. The van der Waals surface area contributed by atoms with E-state index in [1.54, 1.807) is 11.7 Å². The summed E-state index contributed by atoms with van der Waals surface area (Å²) in [5.41, 5.74) is 1.70. The maximum atomic E-state index is 12.0. The second-order valence-corrected chi connectivity index (χ2v) is 5.75. The molecule has 1 aromatic rings. The third-order valence-corrected chi connectivity index (χ3v) is 4.24. The van der Waals surface area contributed by atoms with Gasteiger partial charge in [0.05, 0.1) is 11.7 Å². The van der Waals surface area contributed by atoms with Crippen LogP contribution in [0.4, 0.5) is 0 Å². The van der Waals surface area contributed by atoms with Crippen molar-refractivity contribution in [1.29, 1.82) is 0 Å². The number of hydrogen-bond acceptors (Lipinski definition) is 3. The molecule has 1 atom stereocenters. The summed E-state index contributed by atoms with van der Waals surface area (Å²) in [6.45, 7) is 3.67. The molecule has 0 spiro atoms. The van der Waals surface area contributed by atoms with Gasteiger partial charge < -0.3 is 4.90 Å². The third-order valence-electron chi connectivity index (χ3n) is 3.12. The number of aromatic nitrogens is 1. The van der Waals surface area contributed by atoms with E-state index in [2.05, 4.69) is 4.98 Å². The number of halogens is 1. The number of hydrogen-bond donors (Lipinski definition) is 0. The first-order chi connectivity index (χ1) is 7.68. The minimum Gasteiger partial charge on any atom is -0.338 e. The molecule has 0 aliphatic carbocycles. The highest BCUT2D eigenvalue weighted by atomic mass is 35.5. The van der Waals surface area contributed by atoms with Crippen molar-refractivity contribution >= 4 is 28.8 Å². The minimum atomic E-state index is 0.114. The van der Waals surface area contributed by atoms with Crippen LogP contribution in [-0.2, 0) is 0 Å². The number of likely N-dealkylation sites (tertiary alicyclic amines) is 1. The van der Waals surface area contributed by atoms with Gasteiger partial charge in [-0.25, -0.2) is 0 Å². The molecule has 1 saturated heterocycles. The zero-order chi connectivity index (χ0) is 11.5. The molecule has 88 valence electrons. The van der Waals surface area contributed by atoms with Gasteiger partial charge in [0.25, 0.3) is 5.91 Å². The number of carbonyl (C=O) groups is 1. The van der Waals surface area contributed by atoms with Gasteiger partial charge in [-0.15, -0.1) is 22.9 Å². The van der Waals surface area contributed by atoms with Gasteiger partial charge in [-0.05, 0) is 25.7 Å². The molecular weight excluding hydrogens is 244 g/mol. The first kappa shape index (κ1) is 11.9.